The van der Waals surface area contributed by atoms with Crippen LogP contribution in [0.4, 0.5) is 0 Å². The Hall–Kier alpha value is -2.54. The van der Waals surface area contributed by atoms with Gasteiger partial charge in [-0.3, -0.25) is 4.99 Å². The van der Waals surface area contributed by atoms with Crippen LogP contribution in [0.1, 0.15) is 36.8 Å². The van der Waals surface area contributed by atoms with Gasteiger partial charge in [0, 0.05) is 32.1 Å². The van der Waals surface area contributed by atoms with E-state index >= 15 is 0 Å². The maximum atomic E-state index is 12.4. The maximum Gasteiger partial charge on any atom is 0.193 e. The van der Waals surface area contributed by atoms with Crippen LogP contribution in [0.3, 0.4) is 0 Å². The summed E-state index contributed by atoms with van der Waals surface area (Å²) in [4.78, 5) is 6.98. The fraction of sp³-hybridized carbons (Fsp3) is 0.458. The third-order valence-electron chi connectivity index (χ3n) is 5.51. The van der Waals surface area contributed by atoms with Crippen LogP contribution in [0.2, 0.25) is 0 Å². The van der Waals surface area contributed by atoms with E-state index in [0.717, 1.165) is 43.3 Å². The zero-order chi connectivity index (χ0) is 22.1. The molecule has 1 aliphatic heterocycles. The summed E-state index contributed by atoms with van der Waals surface area (Å²) in [5, 5.41) is 3.36. The minimum Gasteiger partial charge on any atom is -0.497 e. The molecule has 168 valence electrons. The van der Waals surface area contributed by atoms with E-state index in [-0.39, 0.29) is 11.5 Å². The van der Waals surface area contributed by atoms with E-state index in [2.05, 4.69) is 29.3 Å². The van der Waals surface area contributed by atoms with E-state index in [0.29, 0.717) is 18.9 Å². The Balaban J connectivity index is 1.52. The number of likely N-dealkylation sites (tertiary alicyclic amines) is 1. The van der Waals surface area contributed by atoms with Crippen LogP contribution in [0, 0.1) is 0 Å². The number of nitrogens with zero attached hydrogens (tertiary/aromatic N) is 2. The van der Waals surface area contributed by atoms with Gasteiger partial charge in [0.2, 0.25) is 0 Å². The lowest BCUT2D eigenvalue weighted by molar-refractivity contribution is 0.414. The number of guanidine groups is 1. The number of ether oxygens (including phenoxy) is 1. The maximum absolute atomic E-state index is 12.4. The molecule has 3 rings (SSSR count). The van der Waals surface area contributed by atoms with E-state index in [1.54, 1.807) is 7.11 Å². The molecule has 0 bridgehead atoms. The van der Waals surface area contributed by atoms with E-state index in [9.17, 15) is 8.42 Å². The summed E-state index contributed by atoms with van der Waals surface area (Å²) in [5.74, 6) is 2.45. The normalized spacial score (nSPS) is 17.0. The van der Waals surface area contributed by atoms with Gasteiger partial charge in [-0.05, 0) is 43.0 Å². The Labute approximate surface area is 186 Å². The van der Waals surface area contributed by atoms with Crippen LogP contribution in [-0.2, 0) is 15.6 Å². The standard InChI is InChI=1S/C24H33N3O3S/c1-3-25-24(26-15-7-17-31(28,29)19-20-8-5-4-6-9-20)27-16-14-22(18-27)21-10-12-23(30-2)13-11-21/h4-6,8-13,22H,3,7,14-19H2,1-2H3,(H,25,26). The van der Waals surface area contributed by atoms with Gasteiger partial charge in [0.1, 0.15) is 5.75 Å². The molecule has 31 heavy (non-hydrogen) atoms. The van der Waals surface area contributed by atoms with Crippen molar-refractivity contribution in [1.29, 1.82) is 0 Å². The number of rotatable bonds is 9. The van der Waals surface area contributed by atoms with Gasteiger partial charge >= 0.3 is 0 Å². The van der Waals surface area contributed by atoms with Gasteiger partial charge in [0.05, 0.1) is 18.6 Å². The van der Waals surface area contributed by atoms with Gasteiger partial charge in [-0.1, -0.05) is 42.5 Å². The second-order valence-electron chi connectivity index (χ2n) is 7.87. The van der Waals surface area contributed by atoms with Crippen LogP contribution in [0.25, 0.3) is 0 Å². The quantitative estimate of drug-likeness (QED) is 0.365. The van der Waals surface area contributed by atoms with Crippen molar-refractivity contribution in [3.63, 3.8) is 0 Å². The van der Waals surface area contributed by atoms with Crippen molar-refractivity contribution in [2.24, 2.45) is 4.99 Å². The highest BCUT2D eigenvalue weighted by atomic mass is 32.2. The molecule has 1 heterocycles. The van der Waals surface area contributed by atoms with Gasteiger partial charge in [-0.25, -0.2) is 8.42 Å². The molecule has 1 aliphatic rings. The summed E-state index contributed by atoms with van der Waals surface area (Å²) in [5.41, 5.74) is 2.15. The number of nitrogens with one attached hydrogen (secondary N) is 1. The van der Waals surface area contributed by atoms with Gasteiger partial charge in [0.15, 0.2) is 15.8 Å². The molecule has 1 N–H and O–H groups in total. The van der Waals surface area contributed by atoms with Crippen LogP contribution in [-0.4, -0.2) is 58.3 Å². The Morgan fingerprint density at radius 2 is 1.90 bits per heavy atom. The monoisotopic (exact) mass is 443 g/mol. The third kappa shape index (κ3) is 6.99. The van der Waals surface area contributed by atoms with Gasteiger partial charge in [0.25, 0.3) is 0 Å². The molecule has 6 nitrogen and oxygen atoms in total. The van der Waals surface area contributed by atoms with Crippen molar-refractivity contribution >= 4 is 15.8 Å². The summed E-state index contributed by atoms with van der Waals surface area (Å²) >= 11 is 0. The number of sulfone groups is 1. The second kappa shape index (κ2) is 11.2. The molecule has 7 heteroatoms. The Morgan fingerprint density at radius 1 is 1.16 bits per heavy atom. The first-order chi connectivity index (χ1) is 15.0. The third-order valence-corrected chi connectivity index (χ3v) is 7.20. The summed E-state index contributed by atoms with van der Waals surface area (Å²) in [7, 11) is -1.45. The molecule has 0 saturated carbocycles. The largest absolute Gasteiger partial charge is 0.497 e. The highest BCUT2D eigenvalue weighted by Gasteiger charge is 2.26. The molecule has 1 saturated heterocycles. The first-order valence-electron chi connectivity index (χ1n) is 10.9. The van der Waals surface area contributed by atoms with Gasteiger partial charge in [-0.2, -0.15) is 0 Å². The molecule has 0 radical (unpaired) electrons. The molecule has 0 amide bonds. The fourth-order valence-electron chi connectivity index (χ4n) is 3.90. The van der Waals surface area contributed by atoms with Gasteiger partial charge in [-0.15, -0.1) is 0 Å². The number of hydrogen-bond acceptors (Lipinski definition) is 4. The molecule has 0 aliphatic carbocycles. The van der Waals surface area contributed by atoms with Crippen LogP contribution in [0.5, 0.6) is 5.75 Å². The summed E-state index contributed by atoms with van der Waals surface area (Å²) < 4.78 is 30.0. The number of methoxy groups -OCH3 is 1. The predicted molar refractivity (Wildman–Crippen MR) is 126 cm³/mol. The molecular weight excluding hydrogens is 410 g/mol. The van der Waals surface area contributed by atoms with Crippen molar-refractivity contribution in [3.8, 4) is 5.75 Å². The highest BCUT2D eigenvalue weighted by Crippen LogP contribution is 2.28. The minimum absolute atomic E-state index is 0.0906. The van der Waals surface area contributed by atoms with E-state index in [4.69, 9.17) is 9.73 Å². The first-order valence-corrected chi connectivity index (χ1v) is 12.7. The van der Waals surface area contributed by atoms with Crippen molar-refractivity contribution in [1.82, 2.24) is 10.2 Å². The lowest BCUT2D eigenvalue weighted by Gasteiger charge is -2.22. The van der Waals surface area contributed by atoms with Crippen LogP contribution < -0.4 is 10.1 Å². The number of benzene rings is 2. The summed E-state index contributed by atoms with van der Waals surface area (Å²) in [6.07, 6.45) is 1.60. The molecule has 2 aromatic carbocycles. The smallest absolute Gasteiger partial charge is 0.193 e. The van der Waals surface area contributed by atoms with Crippen molar-refractivity contribution in [3.05, 3.63) is 65.7 Å². The Bertz CT molecular complexity index is 944. The molecule has 0 aromatic heterocycles. The fourth-order valence-corrected chi connectivity index (χ4v) is 5.31. The van der Waals surface area contributed by atoms with Gasteiger partial charge < -0.3 is 15.0 Å². The highest BCUT2D eigenvalue weighted by molar-refractivity contribution is 7.90. The lowest BCUT2D eigenvalue weighted by Crippen LogP contribution is -2.40. The van der Waals surface area contributed by atoms with Crippen LogP contribution >= 0.6 is 0 Å². The van der Waals surface area contributed by atoms with Crippen LogP contribution in [0.15, 0.2) is 59.6 Å². The predicted octanol–water partition coefficient (Wildman–Crippen LogP) is 3.46. The van der Waals surface area contributed by atoms with E-state index < -0.39 is 9.84 Å². The molecule has 2 aromatic rings. The van der Waals surface area contributed by atoms with E-state index in [1.807, 2.05) is 42.5 Å². The zero-order valence-electron chi connectivity index (χ0n) is 18.5. The number of aliphatic imine (C=N–C) groups is 1. The van der Waals surface area contributed by atoms with Crippen molar-refractivity contribution in [2.45, 2.75) is 31.4 Å². The average Bonchev–Trinajstić information content (AvgIpc) is 3.26. The second-order valence-corrected chi connectivity index (χ2v) is 10.1. The molecule has 1 unspecified atom stereocenters. The lowest BCUT2D eigenvalue weighted by atomic mass is 9.98. The molecule has 0 spiro atoms. The van der Waals surface area contributed by atoms with Crippen molar-refractivity contribution in [2.75, 3.05) is 39.0 Å². The SMILES string of the molecule is CCNC(=NCCCS(=O)(=O)Cc1ccccc1)N1CCC(c2ccc(OC)cc2)C1. The number of hydrogen-bond donors (Lipinski definition) is 1. The summed E-state index contributed by atoms with van der Waals surface area (Å²) in [6, 6.07) is 17.6. The first kappa shape index (κ1) is 23.1. The Kier molecular flexibility index (Phi) is 8.35. The molecule has 1 atom stereocenters. The average molecular weight is 444 g/mol. The summed E-state index contributed by atoms with van der Waals surface area (Å²) in [6.45, 7) is 5.19. The minimum atomic E-state index is -3.13. The zero-order valence-corrected chi connectivity index (χ0v) is 19.3. The molecular formula is C24H33N3O3S. The van der Waals surface area contributed by atoms with E-state index in [1.165, 1.54) is 5.56 Å². The topological polar surface area (TPSA) is 71.0 Å². The Morgan fingerprint density at radius 3 is 2.58 bits per heavy atom. The van der Waals surface area contributed by atoms with Crippen molar-refractivity contribution < 1.29 is 13.2 Å². The molecule has 1 fully saturated rings.